The van der Waals surface area contributed by atoms with Gasteiger partial charge in [0, 0.05) is 0 Å². The minimum Gasteiger partial charge on any atom is -0.394 e. The topological polar surface area (TPSA) is 89.8 Å². The fraction of sp³-hybridized carbons (Fsp3) is 0.844. The number of hydrogen-bond donors (Lipinski definition) is 4. The maximum Gasteiger partial charge on any atom is 0.222 e. The Morgan fingerprint density at radius 2 is 1.14 bits per heavy atom. The number of amides is 1. The van der Waals surface area contributed by atoms with Crippen LogP contribution in [0.4, 0.5) is 0 Å². The lowest BCUT2D eigenvalue weighted by Gasteiger charge is -2.23. The zero-order valence-corrected chi connectivity index (χ0v) is 24.3. The number of aliphatic hydroxyl groups is 3. The summed E-state index contributed by atoms with van der Waals surface area (Å²) in [6.07, 6.45) is 29.8. The highest BCUT2D eigenvalue weighted by Gasteiger charge is 2.21. The van der Waals surface area contributed by atoms with Gasteiger partial charge in [0.2, 0.25) is 5.91 Å². The van der Waals surface area contributed by atoms with Crippen LogP contribution in [-0.4, -0.2) is 46.1 Å². The molecule has 0 saturated heterocycles. The molecule has 0 fully saturated rings. The predicted octanol–water partition coefficient (Wildman–Crippen LogP) is 7.53. The fourth-order valence-corrected chi connectivity index (χ4v) is 4.57. The second-order valence-corrected chi connectivity index (χ2v) is 10.7. The predicted molar refractivity (Wildman–Crippen MR) is 158 cm³/mol. The summed E-state index contributed by atoms with van der Waals surface area (Å²) in [5.41, 5.74) is 0. The molecule has 0 spiro atoms. The standard InChI is InChI=1S/C32H61NO4/c1-3-5-7-9-11-13-14-15-16-18-19-21-23-25-29(35)27-32(37)33-30(28-34)31(36)26-24-22-20-17-12-10-8-6-4-2/h11,13-15,29-31,34-36H,3-10,12,16-28H2,1-2H3,(H,33,37)/b13-11-,15-14-. The zero-order chi connectivity index (χ0) is 27.4. The SMILES string of the molecule is CCCCC/C=C\C=C/CCCCCCC(O)CC(=O)NC(CO)C(O)CCCCCCCCCCC. The zero-order valence-electron chi connectivity index (χ0n) is 24.3. The smallest absolute Gasteiger partial charge is 0.222 e. The normalized spacial score (nSPS) is 14.4. The second-order valence-electron chi connectivity index (χ2n) is 10.7. The fourth-order valence-electron chi connectivity index (χ4n) is 4.57. The van der Waals surface area contributed by atoms with Crippen LogP contribution in [0, 0.1) is 0 Å². The van der Waals surface area contributed by atoms with E-state index in [2.05, 4.69) is 43.5 Å². The molecule has 218 valence electrons. The molecule has 4 N–H and O–H groups in total. The summed E-state index contributed by atoms with van der Waals surface area (Å²) in [5, 5.41) is 32.9. The molecule has 0 saturated carbocycles. The molecule has 0 aromatic rings. The number of carbonyl (C=O) groups is 1. The van der Waals surface area contributed by atoms with Crippen molar-refractivity contribution in [2.24, 2.45) is 0 Å². The molecule has 5 nitrogen and oxygen atoms in total. The number of allylic oxidation sites excluding steroid dienone is 4. The number of unbranched alkanes of at least 4 members (excludes halogenated alkanes) is 15. The van der Waals surface area contributed by atoms with Gasteiger partial charge in [-0.15, -0.1) is 0 Å². The van der Waals surface area contributed by atoms with Crippen LogP contribution in [0.15, 0.2) is 24.3 Å². The molecule has 0 aliphatic carbocycles. The number of carbonyl (C=O) groups excluding carboxylic acids is 1. The van der Waals surface area contributed by atoms with Crippen LogP contribution in [0.1, 0.15) is 149 Å². The number of hydrogen-bond acceptors (Lipinski definition) is 4. The molecule has 3 atom stereocenters. The summed E-state index contributed by atoms with van der Waals surface area (Å²) in [6.45, 7) is 4.17. The first-order valence-corrected chi connectivity index (χ1v) is 15.6. The largest absolute Gasteiger partial charge is 0.394 e. The molecular formula is C32H61NO4. The monoisotopic (exact) mass is 523 g/mol. The average Bonchev–Trinajstić information content (AvgIpc) is 2.88. The first-order chi connectivity index (χ1) is 18.0. The van der Waals surface area contributed by atoms with Gasteiger partial charge in [0.25, 0.3) is 0 Å². The van der Waals surface area contributed by atoms with Crippen LogP contribution in [0.3, 0.4) is 0 Å². The molecule has 0 heterocycles. The molecule has 0 rings (SSSR count). The molecular weight excluding hydrogens is 462 g/mol. The molecule has 37 heavy (non-hydrogen) atoms. The summed E-state index contributed by atoms with van der Waals surface area (Å²) in [5.74, 6) is -0.300. The molecule has 3 unspecified atom stereocenters. The maximum atomic E-state index is 12.3. The summed E-state index contributed by atoms with van der Waals surface area (Å²) in [7, 11) is 0. The third-order valence-corrected chi connectivity index (χ3v) is 7.05. The Hall–Kier alpha value is -1.17. The van der Waals surface area contributed by atoms with Crippen molar-refractivity contribution in [1.29, 1.82) is 0 Å². The number of aliphatic hydroxyl groups excluding tert-OH is 3. The Bertz CT molecular complexity index is 549. The Labute approximate surface area is 229 Å². The van der Waals surface area contributed by atoms with E-state index in [-0.39, 0.29) is 18.9 Å². The van der Waals surface area contributed by atoms with Crippen molar-refractivity contribution in [2.75, 3.05) is 6.61 Å². The van der Waals surface area contributed by atoms with E-state index in [9.17, 15) is 20.1 Å². The first kappa shape index (κ1) is 35.8. The first-order valence-electron chi connectivity index (χ1n) is 15.6. The maximum absolute atomic E-state index is 12.3. The Morgan fingerprint density at radius 1 is 0.676 bits per heavy atom. The minimum atomic E-state index is -0.749. The van der Waals surface area contributed by atoms with Gasteiger partial charge in [0.1, 0.15) is 0 Å². The lowest BCUT2D eigenvalue weighted by molar-refractivity contribution is -0.125. The summed E-state index contributed by atoms with van der Waals surface area (Å²) >= 11 is 0. The van der Waals surface area contributed by atoms with Crippen molar-refractivity contribution in [1.82, 2.24) is 5.32 Å². The summed E-state index contributed by atoms with van der Waals surface area (Å²) < 4.78 is 0. The van der Waals surface area contributed by atoms with Crippen molar-refractivity contribution < 1.29 is 20.1 Å². The quantitative estimate of drug-likeness (QED) is 0.0661. The average molecular weight is 524 g/mol. The van der Waals surface area contributed by atoms with Crippen LogP contribution in [0.5, 0.6) is 0 Å². The molecule has 0 aliphatic heterocycles. The summed E-state index contributed by atoms with van der Waals surface area (Å²) in [4.78, 5) is 12.3. The number of nitrogens with one attached hydrogen (secondary N) is 1. The summed E-state index contributed by atoms with van der Waals surface area (Å²) in [6, 6.07) is -0.659. The molecule has 0 radical (unpaired) electrons. The molecule has 0 aliphatic rings. The van der Waals surface area contributed by atoms with E-state index in [0.29, 0.717) is 12.8 Å². The van der Waals surface area contributed by atoms with Gasteiger partial charge in [0.05, 0.1) is 31.3 Å². The van der Waals surface area contributed by atoms with E-state index < -0.39 is 18.2 Å². The molecule has 0 aromatic carbocycles. The van der Waals surface area contributed by atoms with Gasteiger partial charge in [-0.2, -0.15) is 0 Å². The van der Waals surface area contributed by atoms with Crippen LogP contribution in [0.25, 0.3) is 0 Å². The van der Waals surface area contributed by atoms with Gasteiger partial charge >= 0.3 is 0 Å². The van der Waals surface area contributed by atoms with Gasteiger partial charge < -0.3 is 20.6 Å². The highest BCUT2D eigenvalue weighted by Crippen LogP contribution is 2.13. The van der Waals surface area contributed by atoms with Crippen LogP contribution >= 0.6 is 0 Å². The molecule has 0 bridgehead atoms. The molecule has 1 amide bonds. The van der Waals surface area contributed by atoms with E-state index in [4.69, 9.17) is 0 Å². The van der Waals surface area contributed by atoms with Gasteiger partial charge in [-0.3, -0.25) is 4.79 Å². The number of rotatable bonds is 27. The van der Waals surface area contributed by atoms with Crippen molar-refractivity contribution in [3.8, 4) is 0 Å². The minimum absolute atomic E-state index is 0.0224. The van der Waals surface area contributed by atoms with Crippen LogP contribution in [-0.2, 0) is 4.79 Å². The lowest BCUT2D eigenvalue weighted by Crippen LogP contribution is -2.46. The van der Waals surface area contributed by atoms with E-state index in [1.165, 1.54) is 70.6 Å². The van der Waals surface area contributed by atoms with Crippen molar-refractivity contribution in [3.63, 3.8) is 0 Å². The van der Waals surface area contributed by atoms with Crippen molar-refractivity contribution in [3.05, 3.63) is 24.3 Å². The molecule has 5 heteroatoms. The Kier molecular flexibility index (Phi) is 27.0. The Balaban J connectivity index is 3.79. The van der Waals surface area contributed by atoms with Gasteiger partial charge in [-0.25, -0.2) is 0 Å². The van der Waals surface area contributed by atoms with Gasteiger partial charge in [-0.1, -0.05) is 128 Å². The third kappa shape index (κ3) is 24.9. The van der Waals surface area contributed by atoms with Crippen molar-refractivity contribution in [2.45, 2.75) is 167 Å². The van der Waals surface area contributed by atoms with Gasteiger partial charge in [0.15, 0.2) is 0 Å². The highest BCUT2D eigenvalue weighted by atomic mass is 16.3. The van der Waals surface area contributed by atoms with E-state index in [0.717, 1.165) is 44.9 Å². The van der Waals surface area contributed by atoms with E-state index >= 15 is 0 Å². The third-order valence-electron chi connectivity index (χ3n) is 7.05. The van der Waals surface area contributed by atoms with Crippen molar-refractivity contribution >= 4 is 5.91 Å². The highest BCUT2D eigenvalue weighted by molar-refractivity contribution is 5.76. The van der Waals surface area contributed by atoms with Gasteiger partial charge in [-0.05, 0) is 38.5 Å². The van der Waals surface area contributed by atoms with Crippen LogP contribution in [0.2, 0.25) is 0 Å². The molecule has 0 aromatic heterocycles. The Morgan fingerprint density at radius 3 is 1.70 bits per heavy atom. The second kappa shape index (κ2) is 27.9. The van der Waals surface area contributed by atoms with E-state index in [1.807, 2.05) is 0 Å². The van der Waals surface area contributed by atoms with E-state index in [1.54, 1.807) is 0 Å². The van der Waals surface area contributed by atoms with Crippen LogP contribution < -0.4 is 5.32 Å². The lowest BCUT2D eigenvalue weighted by atomic mass is 10.0.